The first-order chi connectivity index (χ1) is 9.72. The lowest BCUT2D eigenvalue weighted by atomic mass is 9.66. The van der Waals surface area contributed by atoms with Crippen LogP contribution in [0.1, 0.15) is 82.8 Å². The van der Waals surface area contributed by atoms with Crippen molar-refractivity contribution >= 4 is 0 Å². The third-order valence-electron chi connectivity index (χ3n) is 5.12. The standard InChI is InChI=1S/C19H29F/c1-3-5-7-12-19(13-8-6-9-14-19)17-11-10-16(4-2)18(20)15-17/h10-11,15H,3-9,12-14H2,1-2H3. The van der Waals surface area contributed by atoms with E-state index < -0.39 is 0 Å². The maximum Gasteiger partial charge on any atom is 0.126 e. The summed E-state index contributed by atoms with van der Waals surface area (Å²) in [5.74, 6) is 0.00504. The molecule has 1 heteroatoms. The molecule has 0 aromatic heterocycles. The fourth-order valence-electron chi connectivity index (χ4n) is 3.79. The summed E-state index contributed by atoms with van der Waals surface area (Å²) >= 11 is 0. The molecule has 0 heterocycles. The number of halogens is 1. The maximum absolute atomic E-state index is 14.2. The average Bonchev–Trinajstić information content (AvgIpc) is 2.48. The summed E-state index contributed by atoms with van der Waals surface area (Å²) in [6.45, 7) is 4.28. The van der Waals surface area contributed by atoms with Gasteiger partial charge in [0.05, 0.1) is 0 Å². The van der Waals surface area contributed by atoms with Crippen molar-refractivity contribution in [3.8, 4) is 0 Å². The van der Waals surface area contributed by atoms with Crippen LogP contribution in [0.4, 0.5) is 4.39 Å². The molecule has 0 bridgehead atoms. The lowest BCUT2D eigenvalue weighted by molar-refractivity contribution is 0.265. The zero-order valence-electron chi connectivity index (χ0n) is 13.2. The highest BCUT2D eigenvalue weighted by Crippen LogP contribution is 2.43. The number of unbranched alkanes of at least 4 members (excludes halogenated alkanes) is 2. The first kappa shape index (κ1) is 15.5. The van der Waals surface area contributed by atoms with Crippen LogP contribution >= 0.6 is 0 Å². The van der Waals surface area contributed by atoms with Gasteiger partial charge in [-0.15, -0.1) is 0 Å². The van der Waals surface area contributed by atoms with Crippen molar-refractivity contribution in [1.29, 1.82) is 0 Å². The minimum atomic E-state index is 0.00504. The van der Waals surface area contributed by atoms with Gasteiger partial charge in [-0.25, -0.2) is 4.39 Å². The van der Waals surface area contributed by atoms with Crippen molar-refractivity contribution < 1.29 is 4.39 Å². The fraction of sp³-hybridized carbons (Fsp3) is 0.684. The Morgan fingerprint density at radius 3 is 2.40 bits per heavy atom. The Morgan fingerprint density at radius 1 is 1.05 bits per heavy atom. The molecular weight excluding hydrogens is 247 g/mol. The van der Waals surface area contributed by atoms with Gasteiger partial charge >= 0.3 is 0 Å². The van der Waals surface area contributed by atoms with Crippen LogP contribution < -0.4 is 0 Å². The zero-order chi connectivity index (χ0) is 14.4. The van der Waals surface area contributed by atoms with Crippen LogP contribution in [0, 0.1) is 5.82 Å². The Labute approximate surface area is 123 Å². The Balaban J connectivity index is 2.23. The fourth-order valence-corrected chi connectivity index (χ4v) is 3.79. The zero-order valence-corrected chi connectivity index (χ0v) is 13.2. The molecule has 2 rings (SSSR count). The summed E-state index contributed by atoms with van der Waals surface area (Å²) in [6.07, 6.45) is 12.4. The molecule has 112 valence electrons. The Morgan fingerprint density at radius 2 is 1.80 bits per heavy atom. The van der Waals surface area contributed by atoms with E-state index in [0.717, 1.165) is 12.0 Å². The maximum atomic E-state index is 14.2. The van der Waals surface area contributed by atoms with E-state index in [2.05, 4.69) is 13.0 Å². The summed E-state index contributed by atoms with van der Waals surface area (Å²) in [4.78, 5) is 0. The molecule has 0 unspecified atom stereocenters. The molecule has 0 aliphatic heterocycles. The van der Waals surface area contributed by atoms with Crippen LogP contribution in [0.3, 0.4) is 0 Å². The van der Waals surface area contributed by atoms with E-state index in [0.29, 0.717) is 0 Å². The molecule has 0 amide bonds. The quantitative estimate of drug-likeness (QED) is 0.545. The Bertz CT molecular complexity index is 416. The molecule has 0 radical (unpaired) electrons. The van der Waals surface area contributed by atoms with Crippen LogP contribution in [0.5, 0.6) is 0 Å². The SMILES string of the molecule is CCCCCC1(c2ccc(CC)c(F)c2)CCCCC1. The minimum absolute atomic E-state index is 0.00504. The van der Waals surface area contributed by atoms with Gasteiger partial charge < -0.3 is 0 Å². The number of benzene rings is 1. The topological polar surface area (TPSA) is 0 Å². The normalized spacial score (nSPS) is 18.1. The largest absolute Gasteiger partial charge is 0.207 e. The van der Waals surface area contributed by atoms with Gasteiger partial charge in [0.25, 0.3) is 0 Å². The number of hydrogen-bond acceptors (Lipinski definition) is 0. The molecule has 0 atom stereocenters. The van der Waals surface area contributed by atoms with Gasteiger partial charge in [0, 0.05) is 0 Å². The van der Waals surface area contributed by atoms with E-state index in [1.807, 2.05) is 19.1 Å². The molecule has 1 aromatic carbocycles. The van der Waals surface area contributed by atoms with Crippen molar-refractivity contribution in [1.82, 2.24) is 0 Å². The summed E-state index contributed by atoms with van der Waals surface area (Å²) < 4.78 is 14.2. The van der Waals surface area contributed by atoms with Crippen molar-refractivity contribution in [2.75, 3.05) is 0 Å². The number of aryl methyl sites for hydroxylation is 1. The predicted molar refractivity (Wildman–Crippen MR) is 84.7 cm³/mol. The second-order valence-electron chi connectivity index (χ2n) is 6.46. The van der Waals surface area contributed by atoms with Gasteiger partial charge in [-0.3, -0.25) is 0 Å². The van der Waals surface area contributed by atoms with Crippen LogP contribution in [-0.2, 0) is 11.8 Å². The van der Waals surface area contributed by atoms with Crippen LogP contribution in [-0.4, -0.2) is 0 Å². The van der Waals surface area contributed by atoms with E-state index in [9.17, 15) is 4.39 Å². The predicted octanol–water partition coefficient (Wildman–Crippen LogP) is 6.17. The molecule has 0 nitrogen and oxygen atoms in total. The molecule has 1 aliphatic carbocycles. The lowest BCUT2D eigenvalue weighted by Crippen LogP contribution is -2.29. The summed E-state index contributed by atoms with van der Waals surface area (Å²) in [7, 11) is 0. The van der Waals surface area contributed by atoms with Crippen LogP contribution in [0.15, 0.2) is 18.2 Å². The van der Waals surface area contributed by atoms with Crippen LogP contribution in [0.25, 0.3) is 0 Å². The van der Waals surface area contributed by atoms with E-state index in [1.54, 1.807) is 0 Å². The number of hydrogen-bond donors (Lipinski definition) is 0. The van der Waals surface area contributed by atoms with Crippen molar-refractivity contribution in [3.63, 3.8) is 0 Å². The van der Waals surface area contributed by atoms with E-state index in [1.165, 1.54) is 63.4 Å². The summed E-state index contributed by atoms with van der Waals surface area (Å²) in [5, 5.41) is 0. The van der Waals surface area contributed by atoms with Gasteiger partial charge in [-0.2, -0.15) is 0 Å². The van der Waals surface area contributed by atoms with E-state index in [4.69, 9.17) is 0 Å². The highest BCUT2D eigenvalue weighted by molar-refractivity contribution is 5.31. The van der Waals surface area contributed by atoms with Crippen molar-refractivity contribution in [3.05, 3.63) is 35.1 Å². The van der Waals surface area contributed by atoms with E-state index >= 15 is 0 Å². The third-order valence-corrected chi connectivity index (χ3v) is 5.12. The molecular formula is C19H29F. The second-order valence-corrected chi connectivity index (χ2v) is 6.46. The first-order valence-corrected chi connectivity index (χ1v) is 8.51. The molecule has 1 aliphatic rings. The molecule has 1 fully saturated rings. The molecule has 0 N–H and O–H groups in total. The van der Waals surface area contributed by atoms with Gasteiger partial charge in [-0.05, 0) is 48.3 Å². The van der Waals surface area contributed by atoms with Crippen molar-refractivity contribution in [2.24, 2.45) is 0 Å². The molecule has 1 saturated carbocycles. The molecule has 0 spiro atoms. The minimum Gasteiger partial charge on any atom is -0.207 e. The molecule has 0 saturated heterocycles. The smallest absolute Gasteiger partial charge is 0.126 e. The van der Waals surface area contributed by atoms with Crippen LogP contribution in [0.2, 0.25) is 0 Å². The second kappa shape index (κ2) is 7.24. The summed E-state index contributed by atoms with van der Waals surface area (Å²) in [6, 6.07) is 6.07. The first-order valence-electron chi connectivity index (χ1n) is 8.51. The molecule has 20 heavy (non-hydrogen) atoms. The summed E-state index contributed by atoms with van der Waals surface area (Å²) in [5.41, 5.74) is 2.39. The highest BCUT2D eigenvalue weighted by atomic mass is 19.1. The van der Waals surface area contributed by atoms with Crippen molar-refractivity contribution in [2.45, 2.75) is 83.5 Å². The van der Waals surface area contributed by atoms with Gasteiger partial charge in [0.15, 0.2) is 0 Å². The average molecular weight is 276 g/mol. The Kier molecular flexibility index (Phi) is 5.63. The monoisotopic (exact) mass is 276 g/mol. The third kappa shape index (κ3) is 3.42. The number of rotatable bonds is 6. The van der Waals surface area contributed by atoms with Gasteiger partial charge in [0.1, 0.15) is 5.82 Å². The van der Waals surface area contributed by atoms with Gasteiger partial charge in [0.2, 0.25) is 0 Å². The lowest BCUT2D eigenvalue weighted by Gasteiger charge is -2.38. The molecule has 1 aromatic rings. The Hall–Kier alpha value is -0.850. The highest BCUT2D eigenvalue weighted by Gasteiger charge is 2.33. The van der Waals surface area contributed by atoms with Gasteiger partial charge in [-0.1, -0.05) is 64.5 Å². The van der Waals surface area contributed by atoms with E-state index in [-0.39, 0.29) is 11.2 Å².